The molecule has 0 aliphatic carbocycles. The van der Waals surface area contributed by atoms with Gasteiger partial charge >= 0.3 is 0 Å². The number of hydrogen-bond acceptors (Lipinski definition) is 5. The van der Waals surface area contributed by atoms with E-state index in [0.717, 1.165) is 0 Å². The second-order valence-corrected chi connectivity index (χ2v) is 4.84. The average molecular weight is 250 g/mol. The third kappa shape index (κ3) is 2.59. The number of piperidine rings is 1. The molecule has 0 aromatic carbocycles. The molecular formula is C12H18N4O2. The van der Waals surface area contributed by atoms with E-state index in [-0.39, 0.29) is 23.9 Å². The maximum Gasteiger partial charge on any atom is 0.272 e. The molecule has 2 unspecified atom stereocenters. The minimum Gasteiger partial charge on any atom is -0.393 e. The maximum atomic E-state index is 12.3. The molecule has 1 fully saturated rings. The third-order valence-corrected chi connectivity index (χ3v) is 3.24. The van der Waals surface area contributed by atoms with Gasteiger partial charge in [-0.15, -0.1) is 0 Å². The van der Waals surface area contributed by atoms with E-state index in [0.29, 0.717) is 30.9 Å². The summed E-state index contributed by atoms with van der Waals surface area (Å²) >= 11 is 0. The predicted molar refractivity (Wildman–Crippen MR) is 66.9 cm³/mol. The Kier molecular flexibility index (Phi) is 3.47. The summed E-state index contributed by atoms with van der Waals surface area (Å²) < 4.78 is 0. The van der Waals surface area contributed by atoms with Crippen LogP contribution in [0.1, 0.15) is 29.5 Å². The van der Waals surface area contributed by atoms with Gasteiger partial charge in [-0.05, 0) is 25.3 Å². The predicted octanol–water partition coefficient (Wildman–Crippen LogP) is 0.210. The molecule has 6 heteroatoms. The number of carbonyl (C=O) groups is 1. The molecule has 0 spiro atoms. The van der Waals surface area contributed by atoms with Crippen molar-refractivity contribution in [3.05, 3.63) is 17.5 Å². The van der Waals surface area contributed by atoms with Crippen molar-refractivity contribution in [1.82, 2.24) is 14.9 Å². The average Bonchev–Trinajstić information content (AvgIpc) is 2.30. The molecule has 6 nitrogen and oxygen atoms in total. The number of nitrogen functional groups attached to an aromatic ring is 1. The van der Waals surface area contributed by atoms with Gasteiger partial charge in [-0.25, -0.2) is 9.97 Å². The molecule has 18 heavy (non-hydrogen) atoms. The monoisotopic (exact) mass is 250 g/mol. The highest BCUT2D eigenvalue weighted by molar-refractivity contribution is 5.92. The Labute approximate surface area is 106 Å². The highest BCUT2D eigenvalue weighted by Gasteiger charge is 2.28. The molecule has 98 valence electrons. The van der Waals surface area contributed by atoms with Crippen molar-refractivity contribution in [2.75, 3.05) is 18.8 Å². The number of nitrogens with two attached hydrogens (primary N) is 1. The molecule has 2 heterocycles. The van der Waals surface area contributed by atoms with Gasteiger partial charge in [-0.3, -0.25) is 4.79 Å². The Morgan fingerprint density at radius 1 is 1.56 bits per heavy atom. The zero-order valence-corrected chi connectivity index (χ0v) is 10.6. The first kappa shape index (κ1) is 12.8. The van der Waals surface area contributed by atoms with Crippen LogP contribution in [-0.4, -0.2) is 45.1 Å². The Morgan fingerprint density at radius 2 is 2.28 bits per heavy atom. The lowest BCUT2D eigenvalue weighted by atomic mass is 9.96. The number of aliphatic hydroxyl groups excluding tert-OH is 1. The minimum absolute atomic E-state index is 0.0861. The summed E-state index contributed by atoms with van der Waals surface area (Å²) in [5.41, 5.74) is 6.54. The molecule has 3 N–H and O–H groups in total. The van der Waals surface area contributed by atoms with Crippen LogP contribution in [0, 0.1) is 12.8 Å². The van der Waals surface area contributed by atoms with Gasteiger partial charge in [0.15, 0.2) is 0 Å². The first-order chi connectivity index (χ1) is 8.47. The lowest BCUT2D eigenvalue weighted by molar-refractivity contribution is 0.0294. The largest absolute Gasteiger partial charge is 0.393 e. The maximum absolute atomic E-state index is 12.3. The Bertz CT molecular complexity index is 443. The fraction of sp³-hybridized carbons (Fsp3) is 0.583. The molecule has 1 saturated heterocycles. The zero-order chi connectivity index (χ0) is 13.3. The second-order valence-electron chi connectivity index (χ2n) is 4.84. The summed E-state index contributed by atoms with van der Waals surface area (Å²) in [5, 5.41) is 9.65. The number of aromatic nitrogens is 2. The van der Waals surface area contributed by atoms with Gasteiger partial charge in [0.25, 0.3) is 5.91 Å². The first-order valence-electron chi connectivity index (χ1n) is 6.06. The molecule has 2 atom stereocenters. The number of aliphatic hydroxyl groups is 1. The smallest absolute Gasteiger partial charge is 0.272 e. The summed E-state index contributed by atoms with van der Waals surface area (Å²) in [6, 6.07) is 1.63. The summed E-state index contributed by atoms with van der Waals surface area (Å²) in [7, 11) is 0. The van der Waals surface area contributed by atoms with Crippen LogP contribution in [0.15, 0.2) is 6.07 Å². The lowest BCUT2D eigenvalue weighted by Crippen LogP contribution is -2.45. The quantitative estimate of drug-likeness (QED) is 0.743. The number of anilines is 1. The van der Waals surface area contributed by atoms with Crippen molar-refractivity contribution in [3.63, 3.8) is 0 Å². The molecule has 2 rings (SSSR count). The number of rotatable bonds is 1. The number of carbonyl (C=O) groups excluding carboxylic acids is 1. The van der Waals surface area contributed by atoms with Gasteiger partial charge in [-0.1, -0.05) is 6.92 Å². The number of aryl methyl sites for hydroxylation is 1. The molecule has 1 aromatic rings. The second kappa shape index (κ2) is 4.89. The molecule has 0 saturated carbocycles. The van der Waals surface area contributed by atoms with Crippen molar-refractivity contribution < 1.29 is 9.90 Å². The van der Waals surface area contributed by atoms with Gasteiger partial charge in [0.2, 0.25) is 5.95 Å². The SMILES string of the molecule is Cc1cc(C(=O)N2CCC(O)C(C)C2)nc(N)n1. The number of amides is 1. The lowest BCUT2D eigenvalue weighted by Gasteiger charge is -2.34. The Hall–Kier alpha value is -1.69. The van der Waals surface area contributed by atoms with E-state index >= 15 is 0 Å². The van der Waals surface area contributed by atoms with Gasteiger partial charge < -0.3 is 15.7 Å². The summed E-state index contributed by atoms with van der Waals surface area (Å²) in [4.78, 5) is 21.9. The van der Waals surface area contributed by atoms with Crippen LogP contribution in [0.25, 0.3) is 0 Å². The summed E-state index contributed by atoms with van der Waals surface area (Å²) in [6.45, 7) is 4.80. The van der Waals surface area contributed by atoms with Gasteiger partial charge in [0, 0.05) is 18.8 Å². The first-order valence-corrected chi connectivity index (χ1v) is 6.06. The molecular weight excluding hydrogens is 232 g/mol. The van der Waals surface area contributed by atoms with E-state index in [2.05, 4.69) is 9.97 Å². The van der Waals surface area contributed by atoms with Crippen LogP contribution in [-0.2, 0) is 0 Å². The van der Waals surface area contributed by atoms with Crippen LogP contribution in [0.2, 0.25) is 0 Å². The van der Waals surface area contributed by atoms with Crippen LogP contribution in [0.4, 0.5) is 5.95 Å². The Morgan fingerprint density at radius 3 is 2.89 bits per heavy atom. The summed E-state index contributed by atoms with van der Waals surface area (Å²) in [5.74, 6) is 0.0531. The van der Waals surface area contributed by atoms with Crippen molar-refractivity contribution in [2.24, 2.45) is 5.92 Å². The highest BCUT2D eigenvalue weighted by Crippen LogP contribution is 2.18. The van der Waals surface area contributed by atoms with E-state index in [4.69, 9.17) is 5.73 Å². The van der Waals surface area contributed by atoms with Crippen LogP contribution < -0.4 is 5.73 Å². The molecule has 1 aliphatic heterocycles. The zero-order valence-electron chi connectivity index (χ0n) is 10.6. The number of hydrogen-bond donors (Lipinski definition) is 2. The molecule has 0 radical (unpaired) electrons. The Balaban J connectivity index is 2.16. The van der Waals surface area contributed by atoms with Crippen LogP contribution in [0.5, 0.6) is 0 Å². The van der Waals surface area contributed by atoms with Gasteiger partial charge in [0.1, 0.15) is 5.69 Å². The van der Waals surface area contributed by atoms with E-state index in [1.807, 2.05) is 6.92 Å². The van der Waals surface area contributed by atoms with Crippen LogP contribution >= 0.6 is 0 Å². The molecule has 1 aromatic heterocycles. The number of likely N-dealkylation sites (tertiary alicyclic amines) is 1. The van der Waals surface area contributed by atoms with Crippen molar-refractivity contribution in [2.45, 2.75) is 26.4 Å². The standard InChI is InChI=1S/C12H18N4O2/c1-7-6-16(4-3-10(7)17)11(18)9-5-8(2)14-12(13)15-9/h5,7,10,17H,3-4,6H2,1-2H3,(H2,13,14,15). The highest BCUT2D eigenvalue weighted by atomic mass is 16.3. The molecule has 0 bridgehead atoms. The number of nitrogens with zero attached hydrogens (tertiary/aromatic N) is 3. The molecule has 1 amide bonds. The van der Waals surface area contributed by atoms with Gasteiger partial charge in [-0.2, -0.15) is 0 Å². The fourth-order valence-corrected chi connectivity index (χ4v) is 2.18. The topological polar surface area (TPSA) is 92.3 Å². The third-order valence-electron chi connectivity index (χ3n) is 3.24. The van der Waals surface area contributed by atoms with Crippen molar-refractivity contribution in [3.8, 4) is 0 Å². The van der Waals surface area contributed by atoms with E-state index in [1.54, 1.807) is 17.9 Å². The van der Waals surface area contributed by atoms with Gasteiger partial charge in [0.05, 0.1) is 6.10 Å². The van der Waals surface area contributed by atoms with Crippen molar-refractivity contribution >= 4 is 11.9 Å². The van der Waals surface area contributed by atoms with E-state index in [1.165, 1.54) is 0 Å². The fourth-order valence-electron chi connectivity index (χ4n) is 2.18. The normalized spacial score (nSPS) is 24.1. The van der Waals surface area contributed by atoms with Crippen molar-refractivity contribution in [1.29, 1.82) is 0 Å². The summed E-state index contributed by atoms with van der Waals surface area (Å²) in [6.07, 6.45) is 0.276. The minimum atomic E-state index is -0.328. The van der Waals surface area contributed by atoms with Crippen LogP contribution in [0.3, 0.4) is 0 Å². The van der Waals surface area contributed by atoms with E-state index in [9.17, 15) is 9.90 Å². The van der Waals surface area contributed by atoms with E-state index < -0.39 is 0 Å². The molecule has 1 aliphatic rings.